The van der Waals surface area contributed by atoms with Gasteiger partial charge in [0, 0.05) is 18.7 Å². The average molecular weight is 319 g/mol. The molecule has 1 aromatic carbocycles. The van der Waals surface area contributed by atoms with Gasteiger partial charge in [0.05, 0.1) is 6.61 Å². The zero-order chi connectivity index (χ0) is 16.7. The molecule has 0 radical (unpaired) electrons. The van der Waals surface area contributed by atoms with Crippen LogP contribution in [0.25, 0.3) is 0 Å². The van der Waals surface area contributed by atoms with Crippen molar-refractivity contribution in [1.82, 2.24) is 4.90 Å². The number of carbonyl (C=O) groups excluding carboxylic acids is 2. The minimum atomic E-state index is -0.0289. The van der Waals surface area contributed by atoms with Gasteiger partial charge in [0.2, 0.25) is 0 Å². The van der Waals surface area contributed by atoms with Gasteiger partial charge in [-0.05, 0) is 38.0 Å². The zero-order valence-corrected chi connectivity index (χ0v) is 13.9. The van der Waals surface area contributed by atoms with E-state index in [1.165, 1.54) is 19.3 Å². The lowest BCUT2D eigenvalue weighted by atomic mass is 9.94. The molecular formula is C18H25NO4. The van der Waals surface area contributed by atoms with Gasteiger partial charge in [-0.25, -0.2) is 0 Å². The van der Waals surface area contributed by atoms with Crippen molar-refractivity contribution in [3.63, 3.8) is 0 Å². The number of amides is 1. The van der Waals surface area contributed by atoms with Crippen molar-refractivity contribution in [2.45, 2.75) is 45.1 Å². The molecule has 5 nitrogen and oxygen atoms in total. The van der Waals surface area contributed by atoms with Crippen LogP contribution in [0.15, 0.2) is 18.2 Å². The van der Waals surface area contributed by atoms with Crippen LogP contribution in [-0.4, -0.2) is 43.4 Å². The Labute approximate surface area is 137 Å². The highest BCUT2D eigenvalue weighted by Gasteiger charge is 2.22. The summed E-state index contributed by atoms with van der Waals surface area (Å²) in [5, 5.41) is 0. The molecule has 0 spiro atoms. The van der Waals surface area contributed by atoms with Crippen LogP contribution in [0.5, 0.6) is 11.5 Å². The lowest BCUT2D eigenvalue weighted by molar-refractivity contribution is -0.134. The molecule has 126 valence electrons. The van der Waals surface area contributed by atoms with Gasteiger partial charge in [0.15, 0.2) is 18.1 Å². The molecule has 1 aromatic rings. The van der Waals surface area contributed by atoms with E-state index in [2.05, 4.69) is 0 Å². The van der Waals surface area contributed by atoms with Gasteiger partial charge in [-0.2, -0.15) is 0 Å². The second-order valence-corrected chi connectivity index (χ2v) is 5.84. The molecule has 0 bridgehead atoms. The molecular weight excluding hydrogens is 294 g/mol. The smallest absolute Gasteiger partial charge is 0.260 e. The third-order valence-electron chi connectivity index (χ3n) is 4.27. The molecule has 23 heavy (non-hydrogen) atoms. The quantitative estimate of drug-likeness (QED) is 0.725. The summed E-state index contributed by atoms with van der Waals surface area (Å²) in [6.07, 6.45) is 6.53. The Kier molecular flexibility index (Phi) is 6.44. The van der Waals surface area contributed by atoms with E-state index in [0.29, 0.717) is 29.7 Å². The number of ether oxygens (including phenoxy) is 2. The van der Waals surface area contributed by atoms with E-state index >= 15 is 0 Å². The Balaban J connectivity index is 1.96. The first-order valence-corrected chi connectivity index (χ1v) is 8.26. The Morgan fingerprint density at radius 3 is 2.61 bits per heavy atom. The molecule has 0 N–H and O–H groups in total. The molecule has 0 aromatic heterocycles. The molecule has 1 saturated carbocycles. The fraction of sp³-hybridized carbons (Fsp3) is 0.556. The number of hydrogen-bond acceptors (Lipinski definition) is 4. The third-order valence-corrected chi connectivity index (χ3v) is 4.27. The predicted molar refractivity (Wildman–Crippen MR) is 88.1 cm³/mol. The monoisotopic (exact) mass is 319 g/mol. The fourth-order valence-corrected chi connectivity index (χ4v) is 2.90. The first-order valence-electron chi connectivity index (χ1n) is 8.26. The van der Waals surface area contributed by atoms with Gasteiger partial charge in [-0.1, -0.05) is 19.3 Å². The molecule has 1 aliphatic rings. The second kappa shape index (κ2) is 8.56. The maximum Gasteiger partial charge on any atom is 0.260 e. The number of hydrogen-bond donors (Lipinski definition) is 0. The Bertz CT molecular complexity index is 538. The summed E-state index contributed by atoms with van der Waals surface area (Å²) >= 11 is 0. The van der Waals surface area contributed by atoms with Crippen molar-refractivity contribution in [2.75, 3.05) is 20.3 Å². The van der Waals surface area contributed by atoms with Crippen LogP contribution in [-0.2, 0) is 4.79 Å². The van der Waals surface area contributed by atoms with Crippen molar-refractivity contribution < 1.29 is 19.1 Å². The predicted octanol–water partition coefficient (Wildman–Crippen LogP) is 3.07. The highest BCUT2D eigenvalue weighted by molar-refractivity contribution is 5.78. The number of carbonyl (C=O) groups is 2. The minimum Gasteiger partial charge on any atom is -0.490 e. The van der Waals surface area contributed by atoms with Crippen molar-refractivity contribution in [3.05, 3.63) is 23.8 Å². The van der Waals surface area contributed by atoms with Crippen LogP contribution in [0.3, 0.4) is 0 Å². The fourth-order valence-electron chi connectivity index (χ4n) is 2.90. The number of rotatable bonds is 7. The molecule has 0 heterocycles. The molecule has 1 aliphatic carbocycles. The molecule has 5 heteroatoms. The van der Waals surface area contributed by atoms with E-state index in [4.69, 9.17) is 9.47 Å². The number of nitrogens with zero attached hydrogens (tertiary/aromatic N) is 1. The van der Waals surface area contributed by atoms with Crippen molar-refractivity contribution >= 4 is 12.2 Å². The van der Waals surface area contributed by atoms with E-state index in [1.54, 1.807) is 23.1 Å². The van der Waals surface area contributed by atoms with E-state index < -0.39 is 0 Å². The summed E-state index contributed by atoms with van der Waals surface area (Å²) in [5.41, 5.74) is 0.520. The first kappa shape index (κ1) is 17.3. The van der Waals surface area contributed by atoms with E-state index in [1.807, 2.05) is 14.0 Å². The lowest BCUT2D eigenvalue weighted by Gasteiger charge is -2.31. The van der Waals surface area contributed by atoms with E-state index in [-0.39, 0.29) is 12.5 Å². The molecule has 1 amide bonds. The maximum absolute atomic E-state index is 12.3. The van der Waals surface area contributed by atoms with E-state index in [9.17, 15) is 9.59 Å². The van der Waals surface area contributed by atoms with Crippen molar-refractivity contribution in [1.29, 1.82) is 0 Å². The normalized spacial score (nSPS) is 15.0. The highest BCUT2D eigenvalue weighted by Crippen LogP contribution is 2.28. The summed E-state index contributed by atoms with van der Waals surface area (Å²) in [7, 11) is 1.85. The van der Waals surface area contributed by atoms with Gasteiger partial charge >= 0.3 is 0 Å². The van der Waals surface area contributed by atoms with Crippen LogP contribution in [0.4, 0.5) is 0 Å². The summed E-state index contributed by atoms with van der Waals surface area (Å²) in [6.45, 7) is 2.31. The van der Waals surface area contributed by atoms with Crippen LogP contribution in [0.1, 0.15) is 49.4 Å². The SMILES string of the molecule is CCOc1cc(C=O)ccc1OCC(=O)N(C)C1CCCCC1. The Hall–Kier alpha value is -2.04. The highest BCUT2D eigenvalue weighted by atomic mass is 16.5. The summed E-state index contributed by atoms with van der Waals surface area (Å²) in [4.78, 5) is 25.0. The number of benzene rings is 1. The van der Waals surface area contributed by atoms with Crippen LogP contribution < -0.4 is 9.47 Å². The van der Waals surface area contributed by atoms with Gasteiger partial charge in [0.25, 0.3) is 5.91 Å². The topological polar surface area (TPSA) is 55.8 Å². The molecule has 0 saturated heterocycles. The Morgan fingerprint density at radius 2 is 1.96 bits per heavy atom. The largest absolute Gasteiger partial charge is 0.490 e. The standard InChI is InChI=1S/C18H25NO4/c1-3-22-17-11-14(12-20)9-10-16(17)23-13-18(21)19(2)15-7-5-4-6-8-15/h9-12,15H,3-8,13H2,1-2H3. The first-order chi connectivity index (χ1) is 11.2. The molecule has 1 fully saturated rings. The minimum absolute atomic E-state index is 0.0203. The van der Waals surface area contributed by atoms with E-state index in [0.717, 1.165) is 19.1 Å². The van der Waals surface area contributed by atoms with Crippen LogP contribution >= 0.6 is 0 Å². The molecule has 0 aliphatic heterocycles. The molecule has 0 atom stereocenters. The second-order valence-electron chi connectivity index (χ2n) is 5.84. The molecule has 0 unspecified atom stereocenters. The number of aldehydes is 1. The van der Waals surface area contributed by atoms with Crippen LogP contribution in [0, 0.1) is 0 Å². The van der Waals surface area contributed by atoms with Gasteiger partial charge < -0.3 is 14.4 Å². The number of likely N-dealkylation sites (N-methyl/N-ethyl adjacent to an activating group) is 1. The van der Waals surface area contributed by atoms with Crippen LogP contribution in [0.2, 0.25) is 0 Å². The third kappa shape index (κ3) is 4.71. The van der Waals surface area contributed by atoms with Gasteiger partial charge in [0.1, 0.15) is 6.29 Å². The van der Waals surface area contributed by atoms with Gasteiger partial charge in [-0.3, -0.25) is 9.59 Å². The lowest BCUT2D eigenvalue weighted by Crippen LogP contribution is -2.40. The average Bonchev–Trinajstić information content (AvgIpc) is 2.60. The summed E-state index contributed by atoms with van der Waals surface area (Å²) in [5.74, 6) is 0.951. The van der Waals surface area contributed by atoms with Gasteiger partial charge in [-0.15, -0.1) is 0 Å². The van der Waals surface area contributed by atoms with Crippen molar-refractivity contribution in [3.8, 4) is 11.5 Å². The zero-order valence-electron chi connectivity index (χ0n) is 13.9. The summed E-state index contributed by atoms with van der Waals surface area (Å²) < 4.78 is 11.1. The maximum atomic E-state index is 12.3. The Morgan fingerprint density at radius 1 is 1.22 bits per heavy atom. The summed E-state index contributed by atoms with van der Waals surface area (Å²) in [6, 6.07) is 5.27. The van der Waals surface area contributed by atoms with Crippen molar-refractivity contribution in [2.24, 2.45) is 0 Å². The molecule has 2 rings (SSSR count).